The Bertz CT molecular complexity index is 1680. The fourth-order valence-electron chi connectivity index (χ4n) is 5.05. The van der Waals surface area contributed by atoms with E-state index in [-0.39, 0.29) is 34.0 Å². The molecule has 0 bridgehead atoms. The molecule has 3 N–H and O–H groups in total. The number of ketones is 1. The van der Waals surface area contributed by atoms with Crippen molar-refractivity contribution >= 4 is 57.2 Å². The molecule has 12 nitrogen and oxygen atoms in total. The zero-order valence-electron chi connectivity index (χ0n) is 23.3. The SMILES string of the molecule is COc1cc(C2C(C#N)=C(N)N(c3nnc(SCC(=O)Nc4cccnc4Cl)s3)C3=C2C(=O)CCC3)cc(OC)c1OC. The van der Waals surface area contributed by atoms with Crippen LogP contribution in [0.15, 0.2) is 57.5 Å². The Hall–Kier alpha value is -4.32. The van der Waals surface area contributed by atoms with Gasteiger partial charge in [0.05, 0.1) is 50.3 Å². The van der Waals surface area contributed by atoms with E-state index < -0.39 is 5.92 Å². The van der Waals surface area contributed by atoms with Crippen molar-refractivity contribution in [1.82, 2.24) is 15.2 Å². The van der Waals surface area contributed by atoms with Crippen LogP contribution in [0.25, 0.3) is 0 Å². The molecule has 1 aliphatic heterocycles. The van der Waals surface area contributed by atoms with Gasteiger partial charge in [0.1, 0.15) is 5.82 Å². The van der Waals surface area contributed by atoms with Crippen molar-refractivity contribution in [1.29, 1.82) is 5.26 Å². The molecule has 5 rings (SSSR count). The van der Waals surface area contributed by atoms with E-state index in [1.165, 1.54) is 50.6 Å². The van der Waals surface area contributed by atoms with E-state index in [1.54, 1.807) is 29.2 Å². The van der Waals surface area contributed by atoms with Crippen molar-refractivity contribution < 1.29 is 23.8 Å². The van der Waals surface area contributed by atoms with Crippen LogP contribution in [0.1, 0.15) is 30.7 Å². The van der Waals surface area contributed by atoms with Gasteiger partial charge in [-0.25, -0.2) is 4.98 Å². The van der Waals surface area contributed by atoms with Gasteiger partial charge in [-0.3, -0.25) is 14.5 Å². The summed E-state index contributed by atoms with van der Waals surface area (Å²) >= 11 is 8.41. The number of methoxy groups -OCH3 is 3. The second-order valence-corrected chi connectivity index (χ2v) is 11.8. The van der Waals surface area contributed by atoms with Crippen molar-refractivity contribution in [3.05, 3.63) is 63.8 Å². The van der Waals surface area contributed by atoms with Crippen LogP contribution in [0.3, 0.4) is 0 Å². The third kappa shape index (κ3) is 5.83. The minimum atomic E-state index is -0.748. The number of rotatable bonds is 9. The molecular formula is C28H26ClN7O5S2. The van der Waals surface area contributed by atoms with Gasteiger partial charge in [0.2, 0.25) is 16.8 Å². The lowest BCUT2D eigenvalue weighted by Gasteiger charge is -2.38. The largest absolute Gasteiger partial charge is 0.493 e. The summed E-state index contributed by atoms with van der Waals surface area (Å²) < 4.78 is 17.0. The number of nitrogens with one attached hydrogen (secondary N) is 1. The Morgan fingerprint density at radius 1 is 1.23 bits per heavy atom. The lowest BCUT2D eigenvalue weighted by molar-refractivity contribution is -0.116. The highest BCUT2D eigenvalue weighted by Crippen LogP contribution is 2.50. The van der Waals surface area contributed by atoms with Gasteiger partial charge < -0.3 is 25.3 Å². The van der Waals surface area contributed by atoms with E-state index in [0.717, 1.165) is 0 Å². The number of benzene rings is 1. The minimum absolute atomic E-state index is 0.0459. The number of amides is 1. The summed E-state index contributed by atoms with van der Waals surface area (Å²) in [6.45, 7) is 0. The zero-order chi connectivity index (χ0) is 30.7. The molecule has 1 aliphatic carbocycles. The van der Waals surface area contributed by atoms with Crippen molar-refractivity contribution in [2.45, 2.75) is 29.5 Å². The number of ether oxygens (including phenoxy) is 3. The Labute approximate surface area is 260 Å². The molecule has 222 valence electrons. The highest BCUT2D eigenvalue weighted by Gasteiger charge is 2.42. The molecule has 0 radical (unpaired) electrons. The first-order valence-corrected chi connectivity index (χ1v) is 15.1. The monoisotopic (exact) mass is 639 g/mol. The molecule has 3 heterocycles. The van der Waals surface area contributed by atoms with Crippen LogP contribution in [-0.2, 0) is 9.59 Å². The average molecular weight is 640 g/mol. The van der Waals surface area contributed by atoms with Gasteiger partial charge in [0.25, 0.3) is 0 Å². The third-order valence-corrected chi connectivity index (χ3v) is 9.22. The molecule has 1 atom stereocenters. The standard InChI is InChI=1S/C28H26ClN7O5S2/c1-39-19-10-14(11-20(40-2)24(19)41-3)22-15(12-30)26(31)36(17-7-4-8-18(37)23(17)22)27-34-35-28(43-27)42-13-21(38)33-16-6-5-9-32-25(16)29/h5-6,9-11,22H,4,7-8,13,31H2,1-3H3,(H,33,38). The van der Waals surface area contributed by atoms with E-state index in [4.69, 9.17) is 31.5 Å². The minimum Gasteiger partial charge on any atom is -0.493 e. The number of nitriles is 1. The van der Waals surface area contributed by atoms with Crippen molar-refractivity contribution in [3.63, 3.8) is 0 Å². The second-order valence-electron chi connectivity index (χ2n) is 9.30. The van der Waals surface area contributed by atoms with Gasteiger partial charge in [0, 0.05) is 23.9 Å². The predicted molar refractivity (Wildman–Crippen MR) is 163 cm³/mol. The van der Waals surface area contributed by atoms with Gasteiger partial charge in [-0.1, -0.05) is 34.7 Å². The van der Waals surface area contributed by atoms with Gasteiger partial charge in [0.15, 0.2) is 26.8 Å². The molecule has 3 aromatic rings. The molecule has 0 saturated carbocycles. The van der Waals surface area contributed by atoms with Crippen LogP contribution in [-0.4, -0.2) is 54.0 Å². The highest BCUT2D eigenvalue weighted by molar-refractivity contribution is 8.01. The number of aromatic nitrogens is 3. The summed E-state index contributed by atoms with van der Waals surface area (Å²) in [5.74, 6) is 0.231. The topological polar surface area (TPSA) is 166 Å². The van der Waals surface area contributed by atoms with E-state index >= 15 is 0 Å². The summed E-state index contributed by atoms with van der Waals surface area (Å²) in [6.07, 6.45) is 3.02. The maximum absolute atomic E-state index is 13.5. The molecule has 1 aromatic carbocycles. The number of pyridine rings is 1. The van der Waals surface area contributed by atoms with Gasteiger partial charge >= 0.3 is 0 Å². The lowest BCUT2D eigenvalue weighted by atomic mass is 9.75. The van der Waals surface area contributed by atoms with E-state index in [0.29, 0.717) is 68.5 Å². The number of allylic oxidation sites excluding steroid dienone is 3. The third-order valence-electron chi connectivity index (χ3n) is 6.88. The van der Waals surface area contributed by atoms with Gasteiger partial charge in [-0.05, 0) is 42.7 Å². The molecule has 2 aliphatic rings. The molecule has 0 spiro atoms. The highest BCUT2D eigenvalue weighted by atomic mass is 35.5. The first-order valence-electron chi connectivity index (χ1n) is 12.9. The maximum Gasteiger partial charge on any atom is 0.234 e. The molecule has 1 amide bonds. The number of Topliss-reactive ketones (excluding diaryl/α,β-unsaturated/α-hetero) is 1. The fraction of sp³-hybridized carbons (Fsp3) is 0.286. The number of hydrogen-bond acceptors (Lipinski definition) is 13. The van der Waals surface area contributed by atoms with Crippen LogP contribution in [0.5, 0.6) is 17.2 Å². The smallest absolute Gasteiger partial charge is 0.234 e. The van der Waals surface area contributed by atoms with Crippen molar-refractivity contribution in [2.75, 3.05) is 37.3 Å². The Morgan fingerprint density at radius 2 is 1.98 bits per heavy atom. The first kappa shape index (κ1) is 30.1. The first-order chi connectivity index (χ1) is 20.8. The molecule has 2 aromatic heterocycles. The van der Waals surface area contributed by atoms with Crippen molar-refractivity contribution in [2.24, 2.45) is 5.73 Å². The number of anilines is 2. The summed E-state index contributed by atoms with van der Waals surface area (Å²) in [6, 6.07) is 9.00. The summed E-state index contributed by atoms with van der Waals surface area (Å²) in [7, 11) is 4.50. The zero-order valence-corrected chi connectivity index (χ0v) is 25.7. The van der Waals surface area contributed by atoms with Gasteiger partial charge in [-0.15, -0.1) is 10.2 Å². The number of carbonyl (C=O) groups is 2. The van der Waals surface area contributed by atoms with Crippen LogP contribution in [0.2, 0.25) is 5.15 Å². The summed E-state index contributed by atoms with van der Waals surface area (Å²) in [4.78, 5) is 31.6. The number of nitrogens with two attached hydrogens (primary N) is 1. The van der Waals surface area contributed by atoms with Crippen molar-refractivity contribution in [3.8, 4) is 23.3 Å². The molecular weight excluding hydrogens is 614 g/mol. The van der Waals surface area contributed by atoms with E-state index in [1.807, 2.05) is 0 Å². The molecule has 0 saturated heterocycles. The summed E-state index contributed by atoms with van der Waals surface area (Å²) in [5.41, 5.74) is 8.98. The predicted octanol–water partition coefficient (Wildman–Crippen LogP) is 4.65. The normalized spacial score (nSPS) is 16.5. The Kier molecular flexibility index (Phi) is 9.05. The fourth-order valence-corrected chi connectivity index (χ4v) is 6.90. The maximum atomic E-state index is 13.5. The molecule has 1 unspecified atom stereocenters. The Balaban J connectivity index is 1.48. The quantitative estimate of drug-likeness (QED) is 0.246. The van der Waals surface area contributed by atoms with E-state index in [9.17, 15) is 14.9 Å². The number of hydrogen-bond donors (Lipinski definition) is 2. The van der Waals surface area contributed by atoms with E-state index in [2.05, 4.69) is 26.6 Å². The number of halogens is 1. The molecule has 43 heavy (non-hydrogen) atoms. The average Bonchev–Trinajstić information content (AvgIpc) is 3.48. The van der Waals surface area contributed by atoms with Crippen LogP contribution >= 0.6 is 34.7 Å². The van der Waals surface area contributed by atoms with Gasteiger partial charge in [-0.2, -0.15) is 5.26 Å². The van der Waals surface area contributed by atoms with Crippen LogP contribution in [0, 0.1) is 11.3 Å². The molecule has 0 fully saturated rings. The van der Waals surface area contributed by atoms with Crippen LogP contribution in [0.4, 0.5) is 10.8 Å². The number of thioether (sulfide) groups is 1. The second kappa shape index (κ2) is 12.9. The number of carbonyl (C=O) groups excluding carboxylic acids is 2. The number of nitrogens with zero attached hydrogens (tertiary/aromatic N) is 5. The summed E-state index contributed by atoms with van der Waals surface area (Å²) in [5, 5.41) is 22.2. The van der Waals surface area contributed by atoms with Crippen LogP contribution < -0.4 is 30.2 Å². The Morgan fingerprint density at radius 3 is 2.63 bits per heavy atom. The lowest BCUT2D eigenvalue weighted by Crippen LogP contribution is -2.38. The molecule has 15 heteroatoms.